The quantitative estimate of drug-likeness (QED) is 0.824. The lowest BCUT2D eigenvalue weighted by atomic mass is 9.47. The Bertz CT molecular complexity index is 823. The predicted molar refractivity (Wildman–Crippen MR) is 106 cm³/mol. The largest absolute Gasteiger partial charge is 0.349 e. The molecule has 5 rings (SSSR count). The number of nitrogens with one attached hydrogen (secondary N) is 1. The molecule has 5 heteroatoms. The van der Waals surface area contributed by atoms with E-state index in [1.807, 2.05) is 6.92 Å². The molecule has 4 fully saturated rings. The molecule has 0 spiro atoms. The van der Waals surface area contributed by atoms with Crippen molar-refractivity contribution in [2.75, 3.05) is 6.26 Å². The lowest BCUT2D eigenvalue weighted by molar-refractivity contribution is -0.0727. The molecule has 0 saturated heterocycles. The fraction of sp³-hybridized carbons (Fsp3) is 0.682. The van der Waals surface area contributed by atoms with E-state index in [9.17, 15) is 13.2 Å². The molecular weight excluding hydrogens is 358 g/mol. The second-order valence-corrected chi connectivity index (χ2v) is 11.5. The summed E-state index contributed by atoms with van der Waals surface area (Å²) in [6.07, 6.45) is 10.0. The Labute approximate surface area is 163 Å². The van der Waals surface area contributed by atoms with Gasteiger partial charge in [0, 0.05) is 17.9 Å². The predicted octanol–water partition coefficient (Wildman–Crippen LogP) is 4.12. The van der Waals surface area contributed by atoms with Crippen LogP contribution in [0.4, 0.5) is 0 Å². The van der Waals surface area contributed by atoms with Gasteiger partial charge in [-0.1, -0.05) is 13.0 Å². The Morgan fingerprint density at radius 3 is 2.19 bits per heavy atom. The van der Waals surface area contributed by atoms with Crippen molar-refractivity contribution in [2.45, 2.75) is 69.7 Å². The molecular formula is C22H31NO3S. The maximum Gasteiger partial charge on any atom is 0.251 e. The molecule has 4 saturated carbocycles. The minimum absolute atomic E-state index is 0.124. The number of hydrogen-bond donors (Lipinski definition) is 1. The summed E-state index contributed by atoms with van der Waals surface area (Å²) < 4.78 is 23.8. The van der Waals surface area contributed by atoms with Gasteiger partial charge in [0.1, 0.15) is 0 Å². The van der Waals surface area contributed by atoms with E-state index in [1.165, 1.54) is 50.8 Å². The maximum atomic E-state index is 13.1. The first-order valence-electron chi connectivity index (χ1n) is 10.3. The lowest BCUT2D eigenvalue weighted by Crippen LogP contribution is -2.56. The van der Waals surface area contributed by atoms with Crippen LogP contribution in [0.3, 0.4) is 0 Å². The number of benzene rings is 1. The molecule has 4 bridgehead atoms. The number of carbonyl (C=O) groups is 1. The van der Waals surface area contributed by atoms with Crippen LogP contribution in [0, 0.1) is 30.1 Å². The highest BCUT2D eigenvalue weighted by Crippen LogP contribution is 2.61. The monoisotopic (exact) mass is 389 g/mol. The smallest absolute Gasteiger partial charge is 0.251 e. The molecule has 1 aromatic carbocycles. The van der Waals surface area contributed by atoms with Crippen LogP contribution in [0.25, 0.3) is 0 Å². The summed E-state index contributed by atoms with van der Waals surface area (Å²) in [6.45, 7) is 4.04. The van der Waals surface area contributed by atoms with Crippen LogP contribution >= 0.6 is 0 Å². The zero-order valence-corrected chi connectivity index (χ0v) is 17.4. The molecule has 0 heterocycles. The van der Waals surface area contributed by atoms with Crippen LogP contribution in [-0.2, 0) is 9.84 Å². The van der Waals surface area contributed by atoms with Gasteiger partial charge in [0.15, 0.2) is 9.84 Å². The first-order chi connectivity index (χ1) is 12.7. The van der Waals surface area contributed by atoms with Crippen molar-refractivity contribution < 1.29 is 13.2 Å². The first-order valence-corrected chi connectivity index (χ1v) is 12.2. The van der Waals surface area contributed by atoms with Gasteiger partial charge in [-0.25, -0.2) is 8.42 Å². The first kappa shape index (κ1) is 19.0. The minimum Gasteiger partial charge on any atom is -0.349 e. The minimum atomic E-state index is -3.33. The fourth-order valence-electron chi connectivity index (χ4n) is 6.60. The summed E-state index contributed by atoms with van der Waals surface area (Å²) in [5, 5.41) is 3.33. The summed E-state index contributed by atoms with van der Waals surface area (Å²) in [5.74, 6) is 2.41. The number of hydrogen-bond acceptors (Lipinski definition) is 3. The average Bonchev–Trinajstić information content (AvgIpc) is 2.57. The van der Waals surface area contributed by atoms with Gasteiger partial charge in [-0.3, -0.25) is 4.79 Å². The Kier molecular flexibility index (Phi) is 4.65. The number of aryl methyl sites for hydroxylation is 1. The summed E-state index contributed by atoms with van der Waals surface area (Å²) in [6, 6.07) is 5.03. The molecule has 1 aromatic rings. The molecule has 1 amide bonds. The van der Waals surface area contributed by atoms with Crippen LogP contribution in [0.1, 0.15) is 67.8 Å². The lowest BCUT2D eigenvalue weighted by Gasteiger charge is -2.59. The van der Waals surface area contributed by atoms with Crippen molar-refractivity contribution in [2.24, 2.45) is 23.2 Å². The third-order valence-electron chi connectivity index (χ3n) is 7.42. The highest BCUT2D eigenvalue weighted by atomic mass is 32.2. The van der Waals surface area contributed by atoms with Gasteiger partial charge >= 0.3 is 0 Å². The van der Waals surface area contributed by atoms with Crippen LogP contribution in [0.15, 0.2) is 23.1 Å². The van der Waals surface area contributed by atoms with Gasteiger partial charge < -0.3 is 5.32 Å². The Balaban J connectivity index is 1.59. The fourth-order valence-corrected chi connectivity index (χ4v) is 7.25. The third kappa shape index (κ3) is 3.43. The van der Waals surface area contributed by atoms with Crippen molar-refractivity contribution in [3.63, 3.8) is 0 Å². The van der Waals surface area contributed by atoms with E-state index >= 15 is 0 Å². The third-order valence-corrected chi connectivity index (χ3v) is 8.53. The summed E-state index contributed by atoms with van der Waals surface area (Å²) in [5.41, 5.74) is 1.56. The van der Waals surface area contributed by atoms with E-state index < -0.39 is 9.84 Å². The summed E-state index contributed by atoms with van der Waals surface area (Å²) in [7, 11) is -3.33. The number of rotatable bonds is 5. The second kappa shape index (κ2) is 6.61. The number of sulfone groups is 1. The number of amides is 1. The Morgan fingerprint density at radius 1 is 1.15 bits per heavy atom. The second-order valence-electron chi connectivity index (χ2n) is 9.46. The topological polar surface area (TPSA) is 63.2 Å². The number of carbonyl (C=O) groups excluding carboxylic acids is 1. The average molecular weight is 390 g/mol. The maximum absolute atomic E-state index is 13.1. The van der Waals surface area contributed by atoms with E-state index in [0.29, 0.717) is 5.56 Å². The highest BCUT2D eigenvalue weighted by Gasteiger charge is 2.54. The van der Waals surface area contributed by atoms with Crippen molar-refractivity contribution >= 4 is 15.7 Å². The molecule has 1 atom stereocenters. The van der Waals surface area contributed by atoms with Crippen LogP contribution < -0.4 is 5.32 Å². The van der Waals surface area contributed by atoms with Crippen molar-refractivity contribution in [1.29, 1.82) is 0 Å². The molecule has 0 aromatic heterocycles. The molecule has 148 valence electrons. The molecule has 4 aliphatic carbocycles. The molecule has 4 nitrogen and oxygen atoms in total. The van der Waals surface area contributed by atoms with E-state index in [2.05, 4.69) is 12.2 Å². The van der Waals surface area contributed by atoms with Gasteiger partial charge in [-0.15, -0.1) is 0 Å². The van der Waals surface area contributed by atoms with Crippen molar-refractivity contribution in [3.05, 3.63) is 29.3 Å². The van der Waals surface area contributed by atoms with E-state index in [-0.39, 0.29) is 22.3 Å². The van der Waals surface area contributed by atoms with Crippen molar-refractivity contribution in [3.8, 4) is 0 Å². The van der Waals surface area contributed by atoms with E-state index in [1.54, 1.807) is 12.1 Å². The van der Waals surface area contributed by atoms with Gasteiger partial charge in [-0.05, 0) is 92.7 Å². The molecule has 1 unspecified atom stereocenters. The Morgan fingerprint density at radius 2 is 1.70 bits per heavy atom. The highest BCUT2D eigenvalue weighted by molar-refractivity contribution is 7.90. The van der Waals surface area contributed by atoms with Gasteiger partial charge in [0.25, 0.3) is 5.91 Å². The molecule has 27 heavy (non-hydrogen) atoms. The van der Waals surface area contributed by atoms with E-state index in [4.69, 9.17) is 0 Å². The van der Waals surface area contributed by atoms with Crippen LogP contribution in [-0.4, -0.2) is 26.6 Å². The zero-order valence-electron chi connectivity index (χ0n) is 16.6. The van der Waals surface area contributed by atoms with Gasteiger partial charge in [0.2, 0.25) is 0 Å². The summed E-state index contributed by atoms with van der Waals surface area (Å²) >= 11 is 0. The summed E-state index contributed by atoms with van der Waals surface area (Å²) in [4.78, 5) is 13.3. The van der Waals surface area contributed by atoms with E-state index in [0.717, 1.165) is 29.7 Å². The molecule has 0 aliphatic heterocycles. The normalized spacial score (nSPS) is 33.1. The standard InChI is InChI=1S/C22H31NO3S/c1-4-20(22-11-15-7-16(12-22)9-17(8-15)13-22)23-21(24)19-10-18(27(3,25)26)6-5-14(19)2/h5-6,10,15-17,20H,4,7-9,11-13H2,1-3H3,(H,23,24). The SMILES string of the molecule is CCC(NC(=O)c1cc(S(C)(=O)=O)ccc1C)C12CC3CC(CC(C3)C1)C2. The Hall–Kier alpha value is -1.36. The molecule has 4 aliphatic rings. The zero-order chi connectivity index (χ0) is 19.4. The molecule has 0 radical (unpaired) electrons. The van der Waals surface area contributed by atoms with Crippen molar-refractivity contribution in [1.82, 2.24) is 5.32 Å². The van der Waals surface area contributed by atoms with Crippen LogP contribution in [0.2, 0.25) is 0 Å². The van der Waals surface area contributed by atoms with Crippen LogP contribution in [0.5, 0.6) is 0 Å². The van der Waals surface area contributed by atoms with Gasteiger partial charge in [0.05, 0.1) is 4.90 Å². The molecule has 1 N–H and O–H groups in total. The van der Waals surface area contributed by atoms with Gasteiger partial charge in [-0.2, -0.15) is 0 Å².